The number of hydrogen-bond acceptors (Lipinski definition) is 5. The van der Waals surface area contributed by atoms with Crippen molar-refractivity contribution in [2.24, 2.45) is 0 Å². The predicted octanol–water partition coefficient (Wildman–Crippen LogP) is 4.16. The molecule has 0 spiro atoms. The van der Waals surface area contributed by atoms with Crippen molar-refractivity contribution < 1.29 is 23.4 Å². The fraction of sp³-hybridized carbons (Fsp3) is 0.190. The van der Waals surface area contributed by atoms with Crippen LogP contribution >= 0.6 is 0 Å². The van der Waals surface area contributed by atoms with E-state index in [-0.39, 0.29) is 17.9 Å². The van der Waals surface area contributed by atoms with E-state index >= 15 is 0 Å². The Morgan fingerprint density at radius 3 is 2.67 bits per heavy atom. The van der Waals surface area contributed by atoms with Gasteiger partial charge < -0.3 is 19.5 Å². The largest absolute Gasteiger partial charge is 0.503 e. The fourth-order valence-corrected chi connectivity index (χ4v) is 2.43. The van der Waals surface area contributed by atoms with Crippen LogP contribution in [0.3, 0.4) is 0 Å². The summed E-state index contributed by atoms with van der Waals surface area (Å²) in [5, 5.41) is 3.01. The molecule has 0 radical (unpaired) electrons. The van der Waals surface area contributed by atoms with Gasteiger partial charge in [0, 0.05) is 18.3 Å². The Labute approximate surface area is 158 Å². The Kier molecular flexibility index (Phi) is 7.43. The summed E-state index contributed by atoms with van der Waals surface area (Å²) >= 11 is 0. The Balaban J connectivity index is 2.20. The number of carbonyl (C=O) groups excluding carboxylic acids is 1. The van der Waals surface area contributed by atoms with Crippen molar-refractivity contribution in [3.63, 3.8) is 0 Å². The van der Waals surface area contributed by atoms with Crippen molar-refractivity contribution in [3.05, 3.63) is 78.3 Å². The highest BCUT2D eigenvalue weighted by Crippen LogP contribution is 2.25. The number of carbonyl (C=O) groups is 1. The minimum atomic E-state index is -0.534. The first-order valence-electron chi connectivity index (χ1n) is 8.27. The van der Waals surface area contributed by atoms with Crippen molar-refractivity contribution >= 4 is 17.2 Å². The van der Waals surface area contributed by atoms with Gasteiger partial charge in [-0.2, -0.15) is 0 Å². The number of anilines is 1. The topological polar surface area (TPSA) is 56.8 Å². The van der Waals surface area contributed by atoms with E-state index in [1.807, 2.05) is 6.07 Å². The molecule has 5 nitrogen and oxygen atoms in total. The van der Waals surface area contributed by atoms with Gasteiger partial charge in [-0.1, -0.05) is 30.3 Å². The van der Waals surface area contributed by atoms with Crippen LogP contribution in [0, 0.1) is 5.82 Å². The molecule has 27 heavy (non-hydrogen) atoms. The summed E-state index contributed by atoms with van der Waals surface area (Å²) in [6, 6.07) is 11.8. The average molecular weight is 371 g/mol. The van der Waals surface area contributed by atoms with Gasteiger partial charge in [-0.25, -0.2) is 9.18 Å². The van der Waals surface area contributed by atoms with Crippen LogP contribution < -0.4 is 10.1 Å². The minimum absolute atomic E-state index is 0.0740. The molecule has 0 fully saturated rings. The summed E-state index contributed by atoms with van der Waals surface area (Å²) in [4.78, 5) is 12.0. The van der Waals surface area contributed by atoms with Crippen LogP contribution in [-0.2, 0) is 20.9 Å². The lowest BCUT2D eigenvalue weighted by molar-refractivity contribution is -0.133. The molecule has 2 aromatic rings. The number of rotatable bonds is 9. The van der Waals surface area contributed by atoms with Gasteiger partial charge in [-0.15, -0.1) is 6.58 Å². The van der Waals surface area contributed by atoms with Crippen LogP contribution in [0.25, 0.3) is 5.57 Å². The van der Waals surface area contributed by atoms with Crippen molar-refractivity contribution in [3.8, 4) is 5.75 Å². The lowest BCUT2D eigenvalue weighted by Gasteiger charge is -2.13. The van der Waals surface area contributed by atoms with Gasteiger partial charge in [0.2, 0.25) is 0 Å². The van der Waals surface area contributed by atoms with E-state index in [1.165, 1.54) is 26.5 Å². The molecule has 0 saturated heterocycles. The molecule has 6 heteroatoms. The van der Waals surface area contributed by atoms with Crippen molar-refractivity contribution in [2.45, 2.75) is 6.61 Å². The van der Waals surface area contributed by atoms with E-state index in [0.717, 1.165) is 0 Å². The number of ether oxygens (including phenoxy) is 3. The molecule has 0 atom stereocenters. The number of halogens is 1. The van der Waals surface area contributed by atoms with Gasteiger partial charge in [0.1, 0.15) is 12.2 Å². The van der Waals surface area contributed by atoms with Crippen LogP contribution in [0.15, 0.2) is 61.4 Å². The highest BCUT2D eigenvalue weighted by molar-refractivity contribution is 6.16. The van der Waals surface area contributed by atoms with E-state index in [4.69, 9.17) is 14.2 Å². The molecule has 0 aliphatic heterocycles. The standard InChI is InChI=1S/C21H22FNO4/c1-4-11-23-16-9-10-20(19(22)12-16)27-13-15-7-5-6-8-17(15)18(14-25-2)21(24)26-3/h4-10,12,14,23H,1,11,13H2,2-3H3. The maximum Gasteiger partial charge on any atom is 0.341 e. The first-order valence-corrected chi connectivity index (χ1v) is 8.27. The third-order valence-electron chi connectivity index (χ3n) is 3.71. The first kappa shape index (κ1) is 20.0. The Bertz CT molecular complexity index is 833. The molecular formula is C21H22FNO4. The molecule has 0 amide bonds. The Morgan fingerprint density at radius 2 is 2.00 bits per heavy atom. The van der Waals surface area contributed by atoms with E-state index in [9.17, 15) is 9.18 Å². The molecule has 0 saturated carbocycles. The molecule has 0 heterocycles. The summed E-state index contributed by atoms with van der Waals surface area (Å²) in [7, 11) is 2.74. The maximum absolute atomic E-state index is 14.2. The van der Waals surface area contributed by atoms with Crippen molar-refractivity contribution in [1.82, 2.24) is 0 Å². The van der Waals surface area contributed by atoms with Crippen LogP contribution in [0.1, 0.15) is 11.1 Å². The van der Waals surface area contributed by atoms with E-state index in [2.05, 4.69) is 11.9 Å². The molecule has 2 aromatic carbocycles. The second-order valence-electron chi connectivity index (χ2n) is 5.52. The predicted molar refractivity (Wildman–Crippen MR) is 103 cm³/mol. The van der Waals surface area contributed by atoms with Gasteiger partial charge in [0.05, 0.1) is 20.5 Å². The lowest BCUT2D eigenvalue weighted by atomic mass is 10.0. The first-order chi connectivity index (χ1) is 13.1. The maximum atomic E-state index is 14.2. The molecule has 2 rings (SSSR count). The quantitative estimate of drug-likeness (QED) is 0.310. The summed E-state index contributed by atoms with van der Waals surface area (Å²) in [6.45, 7) is 4.22. The highest BCUT2D eigenvalue weighted by atomic mass is 19.1. The number of benzene rings is 2. The van der Waals surface area contributed by atoms with Crippen molar-refractivity contribution in [2.75, 3.05) is 26.1 Å². The monoisotopic (exact) mass is 371 g/mol. The van der Waals surface area contributed by atoms with Crippen LogP contribution in [0.2, 0.25) is 0 Å². The SMILES string of the molecule is C=CCNc1ccc(OCc2ccccc2C(=COC)C(=O)OC)c(F)c1. The molecule has 0 unspecified atom stereocenters. The van der Waals surface area contributed by atoms with Gasteiger partial charge >= 0.3 is 5.97 Å². The summed E-state index contributed by atoms with van der Waals surface area (Å²) < 4.78 is 29.7. The summed E-state index contributed by atoms with van der Waals surface area (Å²) in [6.07, 6.45) is 3.00. The number of methoxy groups -OCH3 is 2. The van der Waals surface area contributed by atoms with E-state index < -0.39 is 11.8 Å². The lowest BCUT2D eigenvalue weighted by Crippen LogP contribution is -2.08. The zero-order valence-corrected chi connectivity index (χ0v) is 15.3. The van der Waals surface area contributed by atoms with E-state index in [0.29, 0.717) is 23.4 Å². The smallest absolute Gasteiger partial charge is 0.341 e. The second kappa shape index (κ2) is 10.0. The van der Waals surface area contributed by atoms with Gasteiger partial charge in [0.25, 0.3) is 0 Å². The fourth-order valence-electron chi connectivity index (χ4n) is 2.43. The van der Waals surface area contributed by atoms with Crippen molar-refractivity contribution in [1.29, 1.82) is 0 Å². The molecule has 142 valence electrons. The molecule has 0 aliphatic carbocycles. The summed E-state index contributed by atoms with van der Waals surface area (Å²) in [5.41, 5.74) is 2.18. The third-order valence-corrected chi connectivity index (χ3v) is 3.71. The molecule has 0 aliphatic rings. The highest BCUT2D eigenvalue weighted by Gasteiger charge is 2.17. The number of esters is 1. The van der Waals surface area contributed by atoms with Gasteiger partial charge in [-0.05, 0) is 23.3 Å². The molecule has 1 N–H and O–H groups in total. The summed E-state index contributed by atoms with van der Waals surface area (Å²) in [5.74, 6) is -0.903. The minimum Gasteiger partial charge on any atom is -0.503 e. The molecular weight excluding hydrogens is 349 g/mol. The Morgan fingerprint density at radius 1 is 1.22 bits per heavy atom. The molecule has 0 aromatic heterocycles. The zero-order valence-electron chi connectivity index (χ0n) is 15.3. The average Bonchev–Trinajstić information content (AvgIpc) is 2.69. The van der Waals surface area contributed by atoms with Crippen LogP contribution in [0.4, 0.5) is 10.1 Å². The number of nitrogens with one attached hydrogen (secondary N) is 1. The van der Waals surface area contributed by atoms with E-state index in [1.54, 1.807) is 36.4 Å². The van der Waals surface area contributed by atoms with Crippen LogP contribution in [-0.4, -0.2) is 26.7 Å². The Hall–Kier alpha value is -3.28. The zero-order chi connectivity index (χ0) is 19.6. The molecule has 0 bridgehead atoms. The van der Waals surface area contributed by atoms with Gasteiger partial charge in [0.15, 0.2) is 11.6 Å². The third kappa shape index (κ3) is 5.34. The van der Waals surface area contributed by atoms with Gasteiger partial charge in [-0.3, -0.25) is 0 Å². The normalized spacial score (nSPS) is 10.9. The second-order valence-corrected chi connectivity index (χ2v) is 5.52. The van der Waals surface area contributed by atoms with Crippen LogP contribution in [0.5, 0.6) is 5.75 Å². The number of hydrogen-bond donors (Lipinski definition) is 1.